The van der Waals surface area contributed by atoms with E-state index >= 15 is 0 Å². The molecule has 1 amide bonds. The van der Waals surface area contributed by atoms with Crippen molar-refractivity contribution in [1.29, 1.82) is 0 Å². The molecule has 0 aromatic carbocycles. The maximum absolute atomic E-state index is 12.1. The summed E-state index contributed by atoms with van der Waals surface area (Å²) in [5, 5.41) is 0. The zero-order valence-corrected chi connectivity index (χ0v) is 12.2. The van der Waals surface area contributed by atoms with Crippen LogP contribution in [0.1, 0.15) is 64.7 Å². The van der Waals surface area contributed by atoms with E-state index < -0.39 is 0 Å². The normalized spacial score (nSPS) is 23.9. The van der Waals surface area contributed by atoms with Crippen molar-refractivity contribution in [2.24, 2.45) is 11.7 Å². The van der Waals surface area contributed by atoms with Gasteiger partial charge in [-0.2, -0.15) is 0 Å². The van der Waals surface area contributed by atoms with Gasteiger partial charge in [0.05, 0.1) is 0 Å². The van der Waals surface area contributed by atoms with Crippen LogP contribution in [0.25, 0.3) is 0 Å². The minimum absolute atomic E-state index is 0.335. The molecule has 0 atom stereocenters. The fourth-order valence-electron chi connectivity index (χ4n) is 2.78. The van der Waals surface area contributed by atoms with Gasteiger partial charge < -0.3 is 10.6 Å². The standard InChI is InChI=1S/C15H30N2O/c1-13-8-10-14(11-9-13)17(2)15(18)7-5-3-4-6-12-16/h13-14H,3-12,16H2,1-2H3. The summed E-state index contributed by atoms with van der Waals surface area (Å²) in [4.78, 5) is 14.1. The van der Waals surface area contributed by atoms with Crippen LogP contribution in [0.5, 0.6) is 0 Å². The molecule has 0 spiro atoms. The molecule has 106 valence electrons. The van der Waals surface area contributed by atoms with E-state index in [1.807, 2.05) is 11.9 Å². The molecule has 1 rings (SSSR count). The summed E-state index contributed by atoms with van der Waals surface area (Å²) in [6.07, 6.45) is 10.1. The molecule has 0 aromatic heterocycles. The highest BCUT2D eigenvalue weighted by Crippen LogP contribution is 2.26. The lowest BCUT2D eigenvalue weighted by Crippen LogP contribution is -2.39. The number of nitrogens with zero attached hydrogens (tertiary/aromatic N) is 1. The van der Waals surface area contributed by atoms with Crippen LogP contribution in [0.15, 0.2) is 0 Å². The van der Waals surface area contributed by atoms with Gasteiger partial charge in [0.1, 0.15) is 0 Å². The Kier molecular flexibility index (Phi) is 7.33. The lowest BCUT2D eigenvalue weighted by Gasteiger charge is -2.33. The maximum atomic E-state index is 12.1. The number of nitrogens with two attached hydrogens (primary N) is 1. The monoisotopic (exact) mass is 254 g/mol. The molecule has 0 unspecified atom stereocenters. The Labute approximate surface area is 112 Å². The molecule has 1 aliphatic rings. The van der Waals surface area contributed by atoms with Gasteiger partial charge in [-0.3, -0.25) is 4.79 Å². The van der Waals surface area contributed by atoms with E-state index in [0.717, 1.165) is 38.1 Å². The highest BCUT2D eigenvalue weighted by atomic mass is 16.2. The van der Waals surface area contributed by atoms with E-state index in [2.05, 4.69) is 6.92 Å². The third kappa shape index (κ3) is 5.38. The molecule has 2 N–H and O–H groups in total. The number of carbonyl (C=O) groups is 1. The summed E-state index contributed by atoms with van der Waals surface area (Å²) in [7, 11) is 1.99. The van der Waals surface area contributed by atoms with Gasteiger partial charge in [0.25, 0.3) is 0 Å². The number of carbonyl (C=O) groups excluding carboxylic acids is 1. The Balaban J connectivity index is 2.16. The minimum Gasteiger partial charge on any atom is -0.343 e. The van der Waals surface area contributed by atoms with Gasteiger partial charge in [-0.1, -0.05) is 19.8 Å². The van der Waals surface area contributed by atoms with E-state index in [-0.39, 0.29) is 0 Å². The molecule has 0 heterocycles. The minimum atomic E-state index is 0.335. The van der Waals surface area contributed by atoms with Crippen molar-refractivity contribution < 1.29 is 4.79 Å². The van der Waals surface area contributed by atoms with Gasteiger partial charge in [0.2, 0.25) is 5.91 Å². The first-order chi connectivity index (χ1) is 8.65. The van der Waals surface area contributed by atoms with Crippen molar-refractivity contribution in [1.82, 2.24) is 4.90 Å². The lowest BCUT2D eigenvalue weighted by molar-refractivity contribution is -0.132. The average molecular weight is 254 g/mol. The van der Waals surface area contributed by atoms with Gasteiger partial charge in [0.15, 0.2) is 0 Å². The molecule has 0 aliphatic heterocycles. The van der Waals surface area contributed by atoms with Crippen molar-refractivity contribution >= 4 is 5.91 Å². The summed E-state index contributed by atoms with van der Waals surface area (Å²) in [6, 6.07) is 0.498. The maximum Gasteiger partial charge on any atom is 0.222 e. The van der Waals surface area contributed by atoms with Crippen LogP contribution in [0.3, 0.4) is 0 Å². The van der Waals surface area contributed by atoms with Crippen LogP contribution in [0.4, 0.5) is 0 Å². The molecular formula is C15H30N2O. The van der Waals surface area contributed by atoms with Crippen molar-refractivity contribution in [3.8, 4) is 0 Å². The van der Waals surface area contributed by atoms with Gasteiger partial charge in [-0.15, -0.1) is 0 Å². The summed E-state index contributed by atoms with van der Waals surface area (Å²) >= 11 is 0. The molecule has 18 heavy (non-hydrogen) atoms. The fraction of sp³-hybridized carbons (Fsp3) is 0.933. The first kappa shape index (κ1) is 15.5. The summed E-state index contributed by atoms with van der Waals surface area (Å²) in [6.45, 7) is 3.09. The van der Waals surface area contributed by atoms with Gasteiger partial charge in [-0.05, 0) is 51.0 Å². The zero-order valence-electron chi connectivity index (χ0n) is 12.2. The molecule has 0 aromatic rings. The molecule has 0 bridgehead atoms. The third-order valence-corrected chi connectivity index (χ3v) is 4.27. The van der Waals surface area contributed by atoms with Gasteiger partial charge in [0, 0.05) is 19.5 Å². The summed E-state index contributed by atoms with van der Waals surface area (Å²) in [5.41, 5.74) is 5.45. The molecule has 0 saturated heterocycles. The van der Waals surface area contributed by atoms with E-state index in [4.69, 9.17) is 5.73 Å². The molecule has 1 aliphatic carbocycles. The van der Waals surface area contributed by atoms with E-state index in [1.165, 1.54) is 25.7 Å². The SMILES string of the molecule is CC1CCC(N(C)C(=O)CCCCCCN)CC1. The largest absolute Gasteiger partial charge is 0.343 e. The van der Waals surface area contributed by atoms with Crippen molar-refractivity contribution in [3.05, 3.63) is 0 Å². The first-order valence-electron chi connectivity index (χ1n) is 7.61. The highest BCUT2D eigenvalue weighted by molar-refractivity contribution is 5.76. The summed E-state index contributed by atoms with van der Waals surface area (Å²) < 4.78 is 0. The molecular weight excluding hydrogens is 224 g/mol. The van der Waals surface area contributed by atoms with Crippen molar-refractivity contribution in [2.45, 2.75) is 70.8 Å². The first-order valence-corrected chi connectivity index (χ1v) is 7.61. The van der Waals surface area contributed by atoms with Crippen molar-refractivity contribution in [2.75, 3.05) is 13.6 Å². The Morgan fingerprint density at radius 2 is 1.72 bits per heavy atom. The highest BCUT2D eigenvalue weighted by Gasteiger charge is 2.24. The predicted octanol–water partition coefficient (Wildman–Crippen LogP) is 2.93. The Hall–Kier alpha value is -0.570. The topological polar surface area (TPSA) is 46.3 Å². The van der Waals surface area contributed by atoms with Crippen LogP contribution in [0.2, 0.25) is 0 Å². The van der Waals surface area contributed by atoms with Crippen molar-refractivity contribution in [3.63, 3.8) is 0 Å². The second-order valence-corrected chi connectivity index (χ2v) is 5.87. The fourth-order valence-corrected chi connectivity index (χ4v) is 2.78. The van der Waals surface area contributed by atoms with Crippen LogP contribution in [-0.2, 0) is 4.79 Å². The predicted molar refractivity (Wildman–Crippen MR) is 76.3 cm³/mol. The summed E-state index contributed by atoms with van der Waals surface area (Å²) in [5.74, 6) is 1.18. The number of hydrogen-bond donors (Lipinski definition) is 1. The number of hydrogen-bond acceptors (Lipinski definition) is 2. The lowest BCUT2D eigenvalue weighted by atomic mass is 9.86. The number of unbranched alkanes of at least 4 members (excludes halogenated alkanes) is 3. The third-order valence-electron chi connectivity index (χ3n) is 4.27. The van der Waals surface area contributed by atoms with Gasteiger partial charge >= 0.3 is 0 Å². The van der Waals surface area contributed by atoms with Gasteiger partial charge in [-0.25, -0.2) is 0 Å². The Bertz CT molecular complexity index is 235. The number of amides is 1. The smallest absolute Gasteiger partial charge is 0.222 e. The second kappa shape index (κ2) is 8.52. The molecule has 1 fully saturated rings. The molecule has 3 nitrogen and oxygen atoms in total. The second-order valence-electron chi connectivity index (χ2n) is 5.87. The van der Waals surface area contributed by atoms with Crippen LogP contribution in [-0.4, -0.2) is 30.4 Å². The molecule has 3 heteroatoms. The molecule has 0 radical (unpaired) electrons. The average Bonchev–Trinajstić information content (AvgIpc) is 2.38. The quantitative estimate of drug-likeness (QED) is 0.710. The Morgan fingerprint density at radius 3 is 2.33 bits per heavy atom. The Morgan fingerprint density at radius 1 is 1.11 bits per heavy atom. The van der Waals surface area contributed by atoms with E-state index in [1.54, 1.807) is 0 Å². The number of rotatable bonds is 7. The van der Waals surface area contributed by atoms with Crippen LogP contribution < -0.4 is 5.73 Å². The van der Waals surface area contributed by atoms with E-state index in [0.29, 0.717) is 18.4 Å². The molecule has 1 saturated carbocycles. The zero-order chi connectivity index (χ0) is 13.4. The van der Waals surface area contributed by atoms with E-state index in [9.17, 15) is 4.79 Å². The van der Waals surface area contributed by atoms with Crippen LogP contribution in [0, 0.1) is 5.92 Å². The van der Waals surface area contributed by atoms with Crippen LogP contribution >= 0.6 is 0 Å².